The van der Waals surface area contributed by atoms with Crippen LogP contribution in [0.25, 0.3) is 0 Å². The van der Waals surface area contributed by atoms with Crippen molar-refractivity contribution in [3.05, 3.63) is 46.9 Å². The van der Waals surface area contributed by atoms with Crippen molar-refractivity contribution in [1.82, 2.24) is 9.97 Å². The summed E-state index contributed by atoms with van der Waals surface area (Å²) < 4.78 is 0. The van der Waals surface area contributed by atoms with Crippen molar-refractivity contribution in [2.45, 2.75) is 40.0 Å². The van der Waals surface area contributed by atoms with E-state index >= 15 is 0 Å². The molecule has 1 fully saturated rings. The summed E-state index contributed by atoms with van der Waals surface area (Å²) in [6.07, 6.45) is 3.22. The lowest BCUT2D eigenvalue weighted by Crippen LogP contribution is -2.22. The molecule has 1 aromatic heterocycles. The Balaban J connectivity index is 1.88. The summed E-state index contributed by atoms with van der Waals surface area (Å²) in [6.45, 7) is 7.92. The van der Waals surface area contributed by atoms with Crippen LogP contribution in [0.15, 0.2) is 24.3 Å². The highest BCUT2D eigenvalue weighted by molar-refractivity contribution is 6.04. The molecule has 5 nitrogen and oxygen atoms in total. The number of aromatic nitrogens is 2. The maximum Gasteiger partial charge on any atom is 0.274 e. The number of hydrogen-bond acceptors (Lipinski definition) is 4. The summed E-state index contributed by atoms with van der Waals surface area (Å²) >= 11 is 0. The second-order valence-corrected chi connectivity index (χ2v) is 6.27. The van der Waals surface area contributed by atoms with E-state index in [2.05, 4.69) is 27.1 Å². The highest BCUT2D eigenvalue weighted by atomic mass is 16.1. The van der Waals surface area contributed by atoms with Crippen LogP contribution in [0.2, 0.25) is 0 Å². The predicted molar refractivity (Wildman–Crippen MR) is 96.7 cm³/mol. The number of benzene rings is 1. The Morgan fingerprint density at radius 2 is 1.96 bits per heavy atom. The predicted octanol–water partition coefficient (Wildman–Crippen LogP) is 3.51. The van der Waals surface area contributed by atoms with Gasteiger partial charge < -0.3 is 10.2 Å². The standard InChI is InChI=1S/C19H24N4O/c1-4-15-9-7-8-13(2)18(15)22-19(24)16-12-17(21-14(3)20-16)23-10-5-6-11-23/h7-9,12H,4-6,10-11H2,1-3H3,(H,22,24). The molecule has 24 heavy (non-hydrogen) atoms. The van der Waals surface area contributed by atoms with Crippen LogP contribution >= 0.6 is 0 Å². The van der Waals surface area contributed by atoms with Gasteiger partial charge in [-0.25, -0.2) is 9.97 Å². The Labute approximate surface area is 143 Å². The van der Waals surface area contributed by atoms with Crippen molar-refractivity contribution in [3.63, 3.8) is 0 Å². The summed E-state index contributed by atoms with van der Waals surface area (Å²) in [5.41, 5.74) is 3.51. The Kier molecular flexibility index (Phi) is 4.79. The summed E-state index contributed by atoms with van der Waals surface area (Å²) in [5, 5.41) is 3.04. The van der Waals surface area contributed by atoms with Crippen molar-refractivity contribution < 1.29 is 4.79 Å². The quantitative estimate of drug-likeness (QED) is 0.935. The van der Waals surface area contributed by atoms with E-state index in [1.807, 2.05) is 32.0 Å². The van der Waals surface area contributed by atoms with E-state index in [-0.39, 0.29) is 5.91 Å². The molecule has 3 rings (SSSR count). The molecule has 2 aromatic rings. The SMILES string of the molecule is CCc1cccc(C)c1NC(=O)c1cc(N2CCCC2)nc(C)n1. The second kappa shape index (κ2) is 6.99. The molecule has 0 atom stereocenters. The zero-order valence-electron chi connectivity index (χ0n) is 14.6. The summed E-state index contributed by atoms with van der Waals surface area (Å²) in [7, 11) is 0. The number of anilines is 2. The van der Waals surface area contributed by atoms with Crippen molar-refractivity contribution in [2.24, 2.45) is 0 Å². The highest BCUT2D eigenvalue weighted by Gasteiger charge is 2.18. The van der Waals surface area contributed by atoms with Crippen LogP contribution in [0.4, 0.5) is 11.5 Å². The van der Waals surface area contributed by atoms with E-state index in [1.54, 1.807) is 6.07 Å². The monoisotopic (exact) mass is 324 g/mol. The van der Waals surface area contributed by atoms with Crippen LogP contribution in [0, 0.1) is 13.8 Å². The number of rotatable bonds is 4. The molecule has 1 aromatic carbocycles. The lowest BCUT2D eigenvalue weighted by molar-refractivity contribution is 0.102. The number of nitrogens with zero attached hydrogens (tertiary/aromatic N) is 3. The van der Waals surface area contributed by atoms with Gasteiger partial charge in [-0.15, -0.1) is 0 Å². The molecule has 1 aliphatic rings. The Bertz CT molecular complexity index is 751. The molecule has 0 spiro atoms. The van der Waals surface area contributed by atoms with Gasteiger partial charge in [-0.05, 0) is 44.2 Å². The first kappa shape index (κ1) is 16.4. The minimum Gasteiger partial charge on any atom is -0.356 e. The molecular formula is C19H24N4O. The number of aryl methyl sites for hydroxylation is 3. The largest absolute Gasteiger partial charge is 0.356 e. The van der Waals surface area contributed by atoms with Gasteiger partial charge in [-0.3, -0.25) is 4.79 Å². The minimum atomic E-state index is -0.176. The molecule has 126 valence electrons. The van der Waals surface area contributed by atoms with E-state index < -0.39 is 0 Å². The third-order valence-electron chi connectivity index (χ3n) is 4.47. The maximum absolute atomic E-state index is 12.7. The summed E-state index contributed by atoms with van der Waals surface area (Å²) in [5.74, 6) is 1.31. The topological polar surface area (TPSA) is 58.1 Å². The van der Waals surface area contributed by atoms with Crippen LogP contribution in [0.1, 0.15) is 47.2 Å². The molecule has 5 heteroatoms. The van der Waals surface area contributed by atoms with Gasteiger partial charge in [0, 0.05) is 24.8 Å². The lowest BCUT2D eigenvalue weighted by Gasteiger charge is -2.18. The van der Waals surface area contributed by atoms with E-state index in [9.17, 15) is 4.79 Å². The van der Waals surface area contributed by atoms with Gasteiger partial charge in [-0.2, -0.15) is 0 Å². The smallest absolute Gasteiger partial charge is 0.274 e. The fourth-order valence-corrected chi connectivity index (χ4v) is 3.16. The number of carbonyl (C=O) groups excluding carboxylic acids is 1. The molecule has 1 N–H and O–H groups in total. The van der Waals surface area contributed by atoms with Crippen molar-refractivity contribution in [3.8, 4) is 0 Å². The van der Waals surface area contributed by atoms with E-state index in [4.69, 9.17) is 0 Å². The van der Waals surface area contributed by atoms with Crippen LogP contribution in [-0.4, -0.2) is 29.0 Å². The van der Waals surface area contributed by atoms with Crippen LogP contribution < -0.4 is 10.2 Å². The second-order valence-electron chi connectivity index (χ2n) is 6.27. The van der Waals surface area contributed by atoms with Crippen LogP contribution in [-0.2, 0) is 6.42 Å². The van der Waals surface area contributed by atoms with Gasteiger partial charge >= 0.3 is 0 Å². The van der Waals surface area contributed by atoms with Gasteiger partial charge in [0.15, 0.2) is 0 Å². The average molecular weight is 324 g/mol. The van der Waals surface area contributed by atoms with E-state index in [0.717, 1.165) is 42.1 Å². The molecular weight excluding hydrogens is 300 g/mol. The third kappa shape index (κ3) is 3.40. The Morgan fingerprint density at radius 1 is 1.21 bits per heavy atom. The molecule has 0 saturated carbocycles. The van der Waals surface area contributed by atoms with Crippen molar-refractivity contribution >= 4 is 17.4 Å². The van der Waals surface area contributed by atoms with Gasteiger partial charge in [0.05, 0.1) is 0 Å². The minimum absolute atomic E-state index is 0.176. The highest BCUT2D eigenvalue weighted by Crippen LogP contribution is 2.23. The number of nitrogens with one attached hydrogen (secondary N) is 1. The number of carbonyl (C=O) groups is 1. The fraction of sp³-hybridized carbons (Fsp3) is 0.421. The molecule has 0 unspecified atom stereocenters. The number of para-hydroxylation sites is 1. The molecule has 0 aliphatic carbocycles. The van der Waals surface area contributed by atoms with Crippen LogP contribution in [0.5, 0.6) is 0 Å². The molecule has 0 bridgehead atoms. The first-order valence-corrected chi connectivity index (χ1v) is 8.59. The number of hydrogen-bond donors (Lipinski definition) is 1. The van der Waals surface area contributed by atoms with E-state index in [0.29, 0.717) is 11.5 Å². The molecule has 2 heterocycles. The normalized spacial score (nSPS) is 14.0. The van der Waals surface area contributed by atoms with Crippen LogP contribution in [0.3, 0.4) is 0 Å². The number of amides is 1. The summed E-state index contributed by atoms with van der Waals surface area (Å²) in [6, 6.07) is 7.88. The Hall–Kier alpha value is -2.43. The molecule has 1 amide bonds. The van der Waals surface area contributed by atoms with Gasteiger partial charge in [0.25, 0.3) is 5.91 Å². The first-order chi connectivity index (χ1) is 11.6. The van der Waals surface area contributed by atoms with Crippen molar-refractivity contribution in [1.29, 1.82) is 0 Å². The molecule has 1 saturated heterocycles. The van der Waals surface area contributed by atoms with Crippen molar-refractivity contribution in [2.75, 3.05) is 23.3 Å². The molecule has 1 aliphatic heterocycles. The zero-order chi connectivity index (χ0) is 17.1. The maximum atomic E-state index is 12.7. The first-order valence-electron chi connectivity index (χ1n) is 8.59. The zero-order valence-corrected chi connectivity index (χ0v) is 14.6. The fourth-order valence-electron chi connectivity index (χ4n) is 3.16. The Morgan fingerprint density at radius 3 is 2.67 bits per heavy atom. The summed E-state index contributed by atoms with van der Waals surface area (Å²) in [4.78, 5) is 23.8. The van der Waals surface area contributed by atoms with Gasteiger partial charge in [0.2, 0.25) is 0 Å². The molecule has 0 radical (unpaired) electrons. The third-order valence-corrected chi connectivity index (χ3v) is 4.47. The average Bonchev–Trinajstić information content (AvgIpc) is 3.10. The van der Waals surface area contributed by atoms with Gasteiger partial charge in [-0.1, -0.05) is 25.1 Å². The van der Waals surface area contributed by atoms with Gasteiger partial charge in [0.1, 0.15) is 17.3 Å². The lowest BCUT2D eigenvalue weighted by atomic mass is 10.1. The van der Waals surface area contributed by atoms with E-state index in [1.165, 1.54) is 12.8 Å².